The van der Waals surface area contributed by atoms with Gasteiger partial charge in [0.1, 0.15) is 11.5 Å². The lowest BCUT2D eigenvalue weighted by molar-refractivity contribution is -0.114. The number of nitrogens with one attached hydrogen (secondary N) is 2. The second-order valence-electron chi connectivity index (χ2n) is 7.04. The van der Waals surface area contributed by atoms with Crippen LogP contribution in [0.5, 0.6) is 11.5 Å². The van der Waals surface area contributed by atoms with Gasteiger partial charge in [-0.3, -0.25) is 14.4 Å². The minimum atomic E-state index is -0.385. The van der Waals surface area contributed by atoms with Gasteiger partial charge in [0, 0.05) is 48.9 Å². The molecule has 1 aliphatic heterocycles. The fraction of sp³-hybridized carbons (Fsp3) is 0.286. The number of carbonyl (C=O) groups is 3. The summed E-state index contributed by atoms with van der Waals surface area (Å²) in [7, 11) is 0. The number of phenolic OH excluding ortho intramolecular Hbond substituents is 2. The van der Waals surface area contributed by atoms with Crippen LogP contribution in [0, 0.1) is 0 Å². The summed E-state index contributed by atoms with van der Waals surface area (Å²) in [6.07, 6.45) is 1.18. The summed E-state index contributed by atoms with van der Waals surface area (Å²) in [6, 6.07) is 10.4. The van der Waals surface area contributed by atoms with Gasteiger partial charge in [0.25, 0.3) is 11.8 Å². The Kier molecular flexibility index (Phi) is 6.01. The first-order valence-electron chi connectivity index (χ1n) is 9.32. The molecular formula is C21H23N3O5. The first kappa shape index (κ1) is 20.2. The third kappa shape index (κ3) is 5.25. The Hall–Kier alpha value is -3.55. The van der Waals surface area contributed by atoms with Crippen molar-refractivity contribution in [2.45, 2.75) is 25.8 Å². The largest absolute Gasteiger partial charge is 0.508 e. The number of carbonyl (C=O) groups excluding carboxylic acids is 3. The molecule has 3 amide bonds. The van der Waals surface area contributed by atoms with E-state index in [4.69, 9.17) is 0 Å². The van der Waals surface area contributed by atoms with Gasteiger partial charge in [-0.1, -0.05) is 6.07 Å². The van der Waals surface area contributed by atoms with Crippen molar-refractivity contribution < 1.29 is 24.6 Å². The number of phenols is 2. The molecule has 1 aliphatic rings. The van der Waals surface area contributed by atoms with Gasteiger partial charge in [-0.2, -0.15) is 0 Å². The lowest BCUT2D eigenvalue weighted by Gasteiger charge is -2.32. The molecule has 2 aromatic rings. The van der Waals surface area contributed by atoms with Crippen molar-refractivity contribution >= 4 is 23.4 Å². The maximum absolute atomic E-state index is 12.7. The Balaban J connectivity index is 1.57. The third-order valence-corrected chi connectivity index (χ3v) is 4.71. The smallest absolute Gasteiger partial charge is 0.253 e. The lowest BCUT2D eigenvalue weighted by Crippen LogP contribution is -2.46. The van der Waals surface area contributed by atoms with E-state index in [0.29, 0.717) is 37.2 Å². The van der Waals surface area contributed by atoms with Crippen LogP contribution in [0.3, 0.4) is 0 Å². The first-order valence-corrected chi connectivity index (χ1v) is 9.32. The molecule has 1 heterocycles. The summed E-state index contributed by atoms with van der Waals surface area (Å²) in [4.78, 5) is 38.0. The summed E-state index contributed by atoms with van der Waals surface area (Å²) in [5.74, 6) is -1.08. The van der Waals surface area contributed by atoms with Crippen molar-refractivity contribution in [2.24, 2.45) is 0 Å². The fourth-order valence-corrected chi connectivity index (χ4v) is 3.34. The highest BCUT2D eigenvalue weighted by atomic mass is 16.3. The standard InChI is InChI=1S/C21H23N3O5/c1-13(25)22-17-4-2-3-14(9-17)21(29)24-7-5-16(6-8-24)23-20(28)15-10-18(26)12-19(27)11-15/h2-4,9-12,16,26-27H,5-8H2,1H3,(H,22,25)(H,23,28). The number of anilines is 1. The SMILES string of the molecule is CC(=O)Nc1cccc(C(=O)N2CCC(NC(=O)c3cc(O)cc(O)c3)CC2)c1. The van der Waals surface area contributed by atoms with Crippen LogP contribution in [0.2, 0.25) is 0 Å². The molecule has 29 heavy (non-hydrogen) atoms. The number of nitrogens with zero attached hydrogens (tertiary/aromatic N) is 1. The monoisotopic (exact) mass is 397 g/mol. The summed E-state index contributed by atoms with van der Waals surface area (Å²) in [6.45, 7) is 2.38. The first-order chi connectivity index (χ1) is 13.8. The Morgan fingerprint density at radius 3 is 2.24 bits per heavy atom. The van der Waals surface area contributed by atoms with Gasteiger partial charge < -0.3 is 25.7 Å². The Morgan fingerprint density at radius 2 is 1.62 bits per heavy atom. The normalized spacial score (nSPS) is 14.3. The lowest BCUT2D eigenvalue weighted by atomic mass is 10.0. The Morgan fingerprint density at radius 1 is 0.966 bits per heavy atom. The molecule has 3 rings (SSSR count). The second-order valence-corrected chi connectivity index (χ2v) is 7.04. The van der Waals surface area contributed by atoms with E-state index in [1.807, 2.05) is 0 Å². The van der Waals surface area contributed by atoms with Gasteiger partial charge in [-0.05, 0) is 43.2 Å². The molecule has 8 heteroatoms. The van der Waals surface area contributed by atoms with Crippen molar-refractivity contribution in [1.29, 1.82) is 0 Å². The molecule has 4 N–H and O–H groups in total. The van der Waals surface area contributed by atoms with Crippen LogP contribution in [-0.4, -0.2) is 52.0 Å². The van der Waals surface area contributed by atoms with E-state index >= 15 is 0 Å². The second kappa shape index (κ2) is 8.64. The number of hydrogen-bond acceptors (Lipinski definition) is 5. The third-order valence-electron chi connectivity index (χ3n) is 4.71. The molecule has 2 aromatic carbocycles. The van der Waals surface area contributed by atoms with Crippen LogP contribution in [0.15, 0.2) is 42.5 Å². The zero-order chi connectivity index (χ0) is 21.0. The molecule has 1 fully saturated rings. The Labute approximate surface area is 168 Å². The molecule has 0 aromatic heterocycles. The maximum atomic E-state index is 12.7. The number of amides is 3. The van der Waals surface area contributed by atoms with Crippen LogP contribution in [0.1, 0.15) is 40.5 Å². The summed E-state index contributed by atoms with van der Waals surface area (Å²) < 4.78 is 0. The number of piperidine rings is 1. The van der Waals surface area contributed by atoms with E-state index in [-0.39, 0.29) is 40.8 Å². The average molecular weight is 397 g/mol. The van der Waals surface area contributed by atoms with Crippen molar-refractivity contribution in [2.75, 3.05) is 18.4 Å². The van der Waals surface area contributed by atoms with E-state index in [2.05, 4.69) is 10.6 Å². The highest BCUT2D eigenvalue weighted by Gasteiger charge is 2.25. The number of likely N-dealkylation sites (tertiary alicyclic amines) is 1. The van der Waals surface area contributed by atoms with E-state index in [1.54, 1.807) is 29.2 Å². The van der Waals surface area contributed by atoms with E-state index in [9.17, 15) is 24.6 Å². The molecular weight excluding hydrogens is 374 g/mol. The molecule has 8 nitrogen and oxygen atoms in total. The van der Waals surface area contributed by atoms with Gasteiger partial charge in [-0.15, -0.1) is 0 Å². The highest BCUT2D eigenvalue weighted by molar-refractivity contribution is 5.97. The minimum absolute atomic E-state index is 0.109. The predicted octanol–water partition coefficient (Wildman–Crippen LogP) is 2.09. The zero-order valence-corrected chi connectivity index (χ0v) is 16.0. The molecule has 1 saturated heterocycles. The van der Waals surface area contributed by atoms with Crippen LogP contribution in [-0.2, 0) is 4.79 Å². The van der Waals surface area contributed by atoms with E-state index in [1.165, 1.54) is 19.1 Å². The van der Waals surface area contributed by atoms with Crippen molar-refractivity contribution in [3.8, 4) is 11.5 Å². The quantitative estimate of drug-likeness (QED) is 0.630. The molecule has 0 unspecified atom stereocenters. The average Bonchev–Trinajstić information content (AvgIpc) is 2.67. The number of hydrogen-bond donors (Lipinski definition) is 4. The van der Waals surface area contributed by atoms with Crippen molar-refractivity contribution in [3.63, 3.8) is 0 Å². The Bertz CT molecular complexity index is 915. The van der Waals surface area contributed by atoms with Crippen LogP contribution in [0.25, 0.3) is 0 Å². The highest BCUT2D eigenvalue weighted by Crippen LogP contribution is 2.21. The summed E-state index contributed by atoms with van der Waals surface area (Å²) >= 11 is 0. The summed E-state index contributed by atoms with van der Waals surface area (Å²) in [5, 5.41) is 24.6. The van der Waals surface area contributed by atoms with Crippen LogP contribution >= 0.6 is 0 Å². The van der Waals surface area contributed by atoms with Gasteiger partial charge in [0.05, 0.1) is 0 Å². The molecule has 0 radical (unpaired) electrons. The van der Waals surface area contributed by atoms with Crippen molar-refractivity contribution in [3.05, 3.63) is 53.6 Å². The molecule has 0 saturated carbocycles. The fourth-order valence-electron chi connectivity index (χ4n) is 3.34. The topological polar surface area (TPSA) is 119 Å². The number of aromatic hydroxyl groups is 2. The molecule has 0 bridgehead atoms. The predicted molar refractivity (Wildman–Crippen MR) is 107 cm³/mol. The van der Waals surface area contributed by atoms with E-state index in [0.717, 1.165) is 6.07 Å². The number of benzene rings is 2. The molecule has 0 atom stereocenters. The molecule has 0 spiro atoms. The number of rotatable bonds is 4. The molecule has 152 valence electrons. The summed E-state index contributed by atoms with van der Waals surface area (Å²) in [5.41, 5.74) is 1.24. The van der Waals surface area contributed by atoms with Gasteiger partial charge in [0.2, 0.25) is 5.91 Å². The van der Waals surface area contributed by atoms with Crippen LogP contribution in [0.4, 0.5) is 5.69 Å². The zero-order valence-electron chi connectivity index (χ0n) is 16.0. The van der Waals surface area contributed by atoms with Gasteiger partial charge >= 0.3 is 0 Å². The minimum Gasteiger partial charge on any atom is -0.508 e. The van der Waals surface area contributed by atoms with Crippen LogP contribution < -0.4 is 10.6 Å². The van der Waals surface area contributed by atoms with Gasteiger partial charge in [-0.25, -0.2) is 0 Å². The maximum Gasteiger partial charge on any atom is 0.253 e. The van der Waals surface area contributed by atoms with E-state index < -0.39 is 0 Å². The molecule has 0 aliphatic carbocycles. The van der Waals surface area contributed by atoms with Gasteiger partial charge in [0.15, 0.2) is 0 Å². The van der Waals surface area contributed by atoms with Crippen molar-refractivity contribution in [1.82, 2.24) is 10.2 Å².